The number of nitrogens with zero attached hydrogens (tertiary/aromatic N) is 2. The quantitative estimate of drug-likeness (QED) is 0.771. The van der Waals surface area contributed by atoms with E-state index in [1.165, 1.54) is 12.1 Å². The van der Waals surface area contributed by atoms with Crippen molar-refractivity contribution in [2.24, 2.45) is 17.8 Å². The number of amides is 2. The number of alkyl halides is 3. The van der Waals surface area contributed by atoms with Crippen molar-refractivity contribution in [1.82, 2.24) is 4.90 Å². The molecule has 0 N–H and O–H groups in total. The van der Waals surface area contributed by atoms with Gasteiger partial charge in [-0.05, 0) is 49.9 Å². The summed E-state index contributed by atoms with van der Waals surface area (Å²) in [5.74, 6) is -1.36. The number of piperidine rings is 2. The normalized spacial score (nSPS) is 31.6. The molecule has 0 spiro atoms. The topological polar surface area (TPSA) is 40.6 Å². The molecule has 2 bridgehead atoms. The van der Waals surface area contributed by atoms with E-state index in [1.807, 2.05) is 0 Å². The van der Waals surface area contributed by atoms with Crippen LogP contribution in [0.15, 0.2) is 24.3 Å². The van der Waals surface area contributed by atoms with Gasteiger partial charge in [0.15, 0.2) is 0 Å². The van der Waals surface area contributed by atoms with E-state index in [0.29, 0.717) is 0 Å². The van der Waals surface area contributed by atoms with Gasteiger partial charge in [-0.15, -0.1) is 0 Å². The average molecular weight is 366 g/mol. The van der Waals surface area contributed by atoms with Crippen LogP contribution in [0.2, 0.25) is 0 Å². The number of benzene rings is 1. The zero-order valence-electron chi connectivity index (χ0n) is 14.5. The smallest absolute Gasteiger partial charge is 0.299 e. The fourth-order valence-electron chi connectivity index (χ4n) is 5.03. The van der Waals surface area contributed by atoms with Crippen molar-refractivity contribution in [3.63, 3.8) is 0 Å². The zero-order chi connectivity index (χ0) is 18.6. The molecule has 4 aliphatic rings. The molecule has 3 saturated heterocycles. The summed E-state index contributed by atoms with van der Waals surface area (Å²) in [7, 11) is 0. The Morgan fingerprint density at radius 3 is 2.54 bits per heavy atom. The number of imide groups is 1. The highest BCUT2D eigenvalue weighted by Crippen LogP contribution is 2.49. The molecule has 0 aromatic heterocycles. The van der Waals surface area contributed by atoms with Crippen molar-refractivity contribution < 1.29 is 22.8 Å². The molecule has 1 aromatic rings. The number of rotatable bonds is 3. The van der Waals surface area contributed by atoms with Gasteiger partial charge in [-0.25, -0.2) is 4.90 Å². The van der Waals surface area contributed by atoms with Gasteiger partial charge in [0.25, 0.3) is 0 Å². The van der Waals surface area contributed by atoms with Crippen LogP contribution in [0.4, 0.5) is 18.9 Å². The highest BCUT2D eigenvalue weighted by Gasteiger charge is 2.60. The van der Waals surface area contributed by atoms with Gasteiger partial charge in [0.1, 0.15) is 0 Å². The third-order valence-corrected chi connectivity index (χ3v) is 6.03. The summed E-state index contributed by atoms with van der Waals surface area (Å²) in [6.07, 6.45) is -1.76. The standard InChI is InChI=1S/C19H21F3N2O2/c1-2-8-23-10-11-6-7-14(23)16-15(11)17(25)24(18(16)26)13-5-3-4-12(9-13)19(20,21)22/h3-5,9,11,14-16H,2,6-8,10H2,1H3/t11-,14-,15+,16-/m0/s1. The predicted molar refractivity (Wildman–Crippen MR) is 89.3 cm³/mol. The molecule has 2 amide bonds. The first-order valence-electron chi connectivity index (χ1n) is 9.12. The van der Waals surface area contributed by atoms with Crippen molar-refractivity contribution in [3.05, 3.63) is 29.8 Å². The third kappa shape index (κ3) is 2.55. The van der Waals surface area contributed by atoms with Crippen LogP contribution in [0.25, 0.3) is 0 Å². The maximum atomic E-state index is 13.0. The van der Waals surface area contributed by atoms with Crippen molar-refractivity contribution >= 4 is 17.5 Å². The number of hydrogen-bond acceptors (Lipinski definition) is 3. The van der Waals surface area contributed by atoms with Crippen LogP contribution in [-0.2, 0) is 15.8 Å². The van der Waals surface area contributed by atoms with Gasteiger partial charge in [0.2, 0.25) is 11.8 Å². The minimum Gasteiger partial charge on any atom is -0.299 e. The van der Waals surface area contributed by atoms with Crippen LogP contribution >= 0.6 is 0 Å². The lowest BCUT2D eigenvalue weighted by molar-refractivity contribution is -0.137. The summed E-state index contributed by atoms with van der Waals surface area (Å²) in [6, 6.07) is 4.54. The molecule has 0 unspecified atom stereocenters. The molecule has 1 saturated carbocycles. The molecule has 4 fully saturated rings. The number of carbonyl (C=O) groups is 2. The van der Waals surface area contributed by atoms with E-state index in [-0.39, 0.29) is 35.4 Å². The summed E-state index contributed by atoms with van der Waals surface area (Å²) in [6.45, 7) is 3.76. The number of halogens is 3. The van der Waals surface area contributed by atoms with Crippen LogP contribution < -0.4 is 4.90 Å². The maximum absolute atomic E-state index is 13.0. The van der Waals surface area contributed by atoms with E-state index in [1.54, 1.807) is 0 Å². The second-order valence-corrected chi connectivity index (χ2v) is 7.51. The molecule has 1 aliphatic carbocycles. The molecule has 7 heteroatoms. The van der Waals surface area contributed by atoms with Crippen molar-refractivity contribution in [3.8, 4) is 0 Å². The summed E-state index contributed by atoms with van der Waals surface area (Å²) < 4.78 is 39.1. The van der Waals surface area contributed by atoms with Crippen LogP contribution in [0.5, 0.6) is 0 Å². The van der Waals surface area contributed by atoms with E-state index in [4.69, 9.17) is 0 Å². The molecular formula is C19H21F3N2O2. The van der Waals surface area contributed by atoms with E-state index in [9.17, 15) is 22.8 Å². The molecule has 140 valence electrons. The fourth-order valence-corrected chi connectivity index (χ4v) is 5.03. The summed E-state index contributed by atoms with van der Waals surface area (Å²) in [5.41, 5.74) is -0.813. The van der Waals surface area contributed by atoms with Gasteiger partial charge in [-0.3, -0.25) is 14.5 Å². The molecule has 26 heavy (non-hydrogen) atoms. The number of carbonyl (C=O) groups excluding carboxylic acids is 2. The number of fused-ring (bicyclic) bond motifs is 2. The number of anilines is 1. The Labute approximate surface area is 149 Å². The highest BCUT2D eigenvalue weighted by atomic mass is 19.4. The Morgan fingerprint density at radius 2 is 1.85 bits per heavy atom. The lowest BCUT2D eigenvalue weighted by Gasteiger charge is -2.50. The molecule has 0 radical (unpaired) electrons. The predicted octanol–water partition coefficient (Wildman–Crippen LogP) is 3.32. The Kier molecular flexibility index (Phi) is 4.10. The van der Waals surface area contributed by atoms with Gasteiger partial charge in [-0.2, -0.15) is 13.2 Å². The molecular weight excluding hydrogens is 345 g/mol. The SMILES string of the molecule is CCCN1C[C@@H]2CC[C@H]1[C@@H]1C(=O)N(c3cccc(C(F)(F)F)c3)C(=O)[C@H]21. The average Bonchev–Trinajstić information content (AvgIpc) is 2.88. The van der Waals surface area contributed by atoms with Gasteiger partial charge < -0.3 is 0 Å². The lowest BCUT2D eigenvalue weighted by Crippen LogP contribution is -2.58. The van der Waals surface area contributed by atoms with Crippen molar-refractivity contribution in [2.45, 2.75) is 38.4 Å². The summed E-state index contributed by atoms with van der Waals surface area (Å²) in [5, 5.41) is 0. The fraction of sp³-hybridized carbons (Fsp3) is 0.579. The van der Waals surface area contributed by atoms with E-state index in [2.05, 4.69) is 11.8 Å². The van der Waals surface area contributed by atoms with Crippen LogP contribution in [-0.4, -0.2) is 35.8 Å². The summed E-state index contributed by atoms with van der Waals surface area (Å²) in [4.78, 5) is 29.3. The lowest BCUT2D eigenvalue weighted by atomic mass is 9.66. The Hall–Kier alpha value is -1.89. The highest BCUT2D eigenvalue weighted by molar-refractivity contribution is 6.22. The summed E-state index contributed by atoms with van der Waals surface area (Å²) >= 11 is 0. The van der Waals surface area contributed by atoms with Gasteiger partial charge in [0, 0.05) is 12.6 Å². The van der Waals surface area contributed by atoms with E-state index >= 15 is 0 Å². The Balaban J connectivity index is 1.69. The largest absolute Gasteiger partial charge is 0.416 e. The monoisotopic (exact) mass is 366 g/mol. The molecule has 3 heterocycles. The Morgan fingerprint density at radius 1 is 1.12 bits per heavy atom. The van der Waals surface area contributed by atoms with Crippen LogP contribution in [0.1, 0.15) is 31.7 Å². The first-order valence-corrected chi connectivity index (χ1v) is 9.12. The first-order chi connectivity index (χ1) is 12.3. The Bertz CT molecular complexity index is 749. The van der Waals surface area contributed by atoms with Crippen LogP contribution in [0.3, 0.4) is 0 Å². The zero-order valence-corrected chi connectivity index (χ0v) is 14.5. The third-order valence-electron chi connectivity index (χ3n) is 6.03. The van der Waals surface area contributed by atoms with Gasteiger partial charge >= 0.3 is 6.18 Å². The van der Waals surface area contributed by atoms with E-state index < -0.39 is 17.7 Å². The first kappa shape index (κ1) is 17.5. The van der Waals surface area contributed by atoms with Gasteiger partial charge in [-0.1, -0.05) is 13.0 Å². The molecule has 5 rings (SSSR count). The van der Waals surface area contributed by atoms with Crippen molar-refractivity contribution in [1.29, 1.82) is 0 Å². The van der Waals surface area contributed by atoms with Gasteiger partial charge in [0.05, 0.1) is 23.1 Å². The van der Waals surface area contributed by atoms with Crippen LogP contribution in [0, 0.1) is 17.8 Å². The minimum absolute atomic E-state index is 0.0252. The van der Waals surface area contributed by atoms with Crippen molar-refractivity contribution in [2.75, 3.05) is 18.0 Å². The minimum atomic E-state index is -4.51. The molecule has 4 atom stereocenters. The maximum Gasteiger partial charge on any atom is 0.416 e. The molecule has 1 aromatic carbocycles. The molecule has 3 aliphatic heterocycles. The number of hydrogen-bond donors (Lipinski definition) is 0. The second kappa shape index (κ2) is 6.08. The molecule has 4 nitrogen and oxygen atoms in total. The van der Waals surface area contributed by atoms with E-state index in [0.717, 1.165) is 49.4 Å². The second-order valence-electron chi connectivity index (χ2n) is 7.51.